The fourth-order valence-corrected chi connectivity index (χ4v) is 2.35. The molecule has 1 fully saturated rings. The number of nitrogens with one attached hydrogen (secondary N) is 2. The molecule has 2 heterocycles. The quantitative estimate of drug-likeness (QED) is 0.731. The number of H-pyrrole nitrogens is 1. The van der Waals surface area contributed by atoms with E-state index < -0.39 is 0 Å². The first-order valence-electron chi connectivity index (χ1n) is 6.14. The summed E-state index contributed by atoms with van der Waals surface area (Å²) in [4.78, 5) is 12.1. The number of nitrogen functional groups attached to an aromatic ring is 1. The van der Waals surface area contributed by atoms with Crippen LogP contribution in [0.25, 0.3) is 0 Å². The maximum absolute atomic E-state index is 12.1. The van der Waals surface area contributed by atoms with Crippen LogP contribution in [0, 0.1) is 6.92 Å². The normalized spacial score (nSPS) is 22.7. The van der Waals surface area contributed by atoms with Crippen LogP contribution in [0.2, 0.25) is 0 Å². The van der Waals surface area contributed by atoms with Crippen LogP contribution in [0.1, 0.15) is 42.7 Å². The summed E-state index contributed by atoms with van der Waals surface area (Å²) in [5.74, 6) is 0.0813. The van der Waals surface area contributed by atoms with Crippen LogP contribution in [0.5, 0.6) is 0 Å². The molecule has 1 aromatic rings. The van der Waals surface area contributed by atoms with Crippen molar-refractivity contribution in [2.45, 2.75) is 45.3 Å². The number of nitrogens with zero attached hydrogens (tertiary/aromatic N) is 1. The molecule has 18 heavy (non-hydrogen) atoms. The molecular formula is C12H20N4O2. The highest BCUT2D eigenvalue weighted by Crippen LogP contribution is 2.24. The second-order valence-corrected chi connectivity index (χ2v) is 5.38. The Morgan fingerprint density at radius 1 is 1.61 bits per heavy atom. The Morgan fingerprint density at radius 2 is 2.33 bits per heavy atom. The second kappa shape index (κ2) is 4.61. The Kier molecular flexibility index (Phi) is 3.30. The van der Waals surface area contributed by atoms with Gasteiger partial charge in [-0.1, -0.05) is 0 Å². The summed E-state index contributed by atoms with van der Waals surface area (Å²) in [7, 11) is 0. The highest BCUT2D eigenvalue weighted by atomic mass is 16.5. The van der Waals surface area contributed by atoms with Gasteiger partial charge in [-0.25, -0.2) is 0 Å². The molecule has 0 radical (unpaired) electrons. The van der Waals surface area contributed by atoms with Crippen LogP contribution in [-0.2, 0) is 4.74 Å². The number of hydrogen-bond donors (Lipinski definition) is 3. The number of aromatic amines is 1. The molecule has 4 N–H and O–H groups in total. The smallest absolute Gasteiger partial charge is 0.257 e. The number of ether oxygens (including phenoxy) is 1. The number of hydrogen-bond acceptors (Lipinski definition) is 4. The Bertz CT molecular complexity index is 433. The number of anilines is 1. The molecule has 1 aliphatic heterocycles. The molecule has 1 amide bonds. The molecule has 0 saturated carbocycles. The number of carbonyl (C=O) groups excluding carboxylic acids is 1. The Labute approximate surface area is 106 Å². The average molecular weight is 252 g/mol. The summed E-state index contributed by atoms with van der Waals surface area (Å²) in [5, 5.41) is 9.54. The lowest BCUT2D eigenvalue weighted by molar-refractivity contribution is -0.0615. The summed E-state index contributed by atoms with van der Waals surface area (Å²) in [6, 6.07) is 0.120. The van der Waals surface area contributed by atoms with Crippen molar-refractivity contribution in [1.82, 2.24) is 15.5 Å². The van der Waals surface area contributed by atoms with Gasteiger partial charge in [0.1, 0.15) is 5.56 Å². The SMILES string of the molecule is Cc1[nH]nc(N)c1C(=O)NC1CCOC(C)(C)C1. The van der Waals surface area contributed by atoms with E-state index in [0.29, 0.717) is 17.9 Å². The molecule has 1 aromatic heterocycles. The Balaban J connectivity index is 2.04. The van der Waals surface area contributed by atoms with E-state index in [9.17, 15) is 4.79 Å². The lowest BCUT2D eigenvalue weighted by atomic mass is 9.94. The first-order chi connectivity index (χ1) is 8.39. The molecule has 1 aliphatic rings. The number of carbonyl (C=O) groups is 1. The van der Waals surface area contributed by atoms with Gasteiger partial charge in [0, 0.05) is 18.3 Å². The van der Waals surface area contributed by atoms with Gasteiger partial charge >= 0.3 is 0 Å². The van der Waals surface area contributed by atoms with Gasteiger partial charge in [0.05, 0.1) is 5.60 Å². The molecular weight excluding hydrogens is 232 g/mol. The van der Waals surface area contributed by atoms with E-state index in [1.165, 1.54) is 0 Å². The van der Waals surface area contributed by atoms with Gasteiger partial charge < -0.3 is 15.8 Å². The molecule has 1 saturated heterocycles. The number of aryl methyl sites for hydroxylation is 1. The first kappa shape index (κ1) is 12.9. The highest BCUT2D eigenvalue weighted by molar-refractivity contribution is 5.99. The molecule has 6 nitrogen and oxygen atoms in total. The van der Waals surface area contributed by atoms with Crippen molar-refractivity contribution in [3.8, 4) is 0 Å². The van der Waals surface area contributed by atoms with E-state index in [1.54, 1.807) is 6.92 Å². The standard InChI is InChI=1S/C12H20N4O2/c1-7-9(10(13)16-15-7)11(17)14-8-4-5-18-12(2,3)6-8/h8H,4-6H2,1-3H3,(H,14,17)(H3,13,15,16). The van der Waals surface area contributed by atoms with Gasteiger partial charge in [0.15, 0.2) is 5.82 Å². The largest absolute Gasteiger partial charge is 0.382 e. The molecule has 0 aromatic carbocycles. The third-order valence-electron chi connectivity index (χ3n) is 3.23. The van der Waals surface area contributed by atoms with E-state index in [4.69, 9.17) is 10.5 Å². The molecule has 2 rings (SSSR count). The zero-order chi connectivity index (χ0) is 13.3. The monoisotopic (exact) mass is 252 g/mol. The number of nitrogens with two attached hydrogens (primary N) is 1. The number of aromatic nitrogens is 2. The van der Waals surface area contributed by atoms with Crippen molar-refractivity contribution >= 4 is 11.7 Å². The Hall–Kier alpha value is -1.56. The molecule has 0 bridgehead atoms. The van der Waals surface area contributed by atoms with Crippen LogP contribution >= 0.6 is 0 Å². The summed E-state index contributed by atoms with van der Waals surface area (Å²) in [5.41, 5.74) is 6.62. The molecule has 0 aliphatic carbocycles. The lowest BCUT2D eigenvalue weighted by Gasteiger charge is -2.35. The van der Waals surface area contributed by atoms with E-state index in [-0.39, 0.29) is 23.4 Å². The predicted octanol–water partition coefficient (Wildman–Crippen LogP) is 0.988. The van der Waals surface area contributed by atoms with E-state index >= 15 is 0 Å². The summed E-state index contributed by atoms with van der Waals surface area (Å²) in [6.45, 7) is 6.51. The summed E-state index contributed by atoms with van der Waals surface area (Å²) < 4.78 is 5.62. The maximum atomic E-state index is 12.1. The van der Waals surface area contributed by atoms with Gasteiger partial charge in [-0.15, -0.1) is 0 Å². The number of rotatable bonds is 2. The van der Waals surface area contributed by atoms with Crippen molar-refractivity contribution in [3.05, 3.63) is 11.3 Å². The second-order valence-electron chi connectivity index (χ2n) is 5.38. The van der Waals surface area contributed by atoms with Gasteiger partial charge in [0.2, 0.25) is 0 Å². The maximum Gasteiger partial charge on any atom is 0.257 e. The third-order valence-corrected chi connectivity index (χ3v) is 3.23. The van der Waals surface area contributed by atoms with Crippen LogP contribution in [0.4, 0.5) is 5.82 Å². The van der Waals surface area contributed by atoms with E-state index in [2.05, 4.69) is 15.5 Å². The fraction of sp³-hybridized carbons (Fsp3) is 0.667. The first-order valence-corrected chi connectivity index (χ1v) is 6.14. The van der Waals surface area contributed by atoms with Crippen LogP contribution in [0.15, 0.2) is 0 Å². The minimum absolute atomic E-state index is 0.120. The van der Waals surface area contributed by atoms with Crippen LogP contribution in [0.3, 0.4) is 0 Å². The Morgan fingerprint density at radius 3 is 2.89 bits per heavy atom. The average Bonchev–Trinajstić information content (AvgIpc) is 2.57. The number of amides is 1. The summed E-state index contributed by atoms with van der Waals surface area (Å²) in [6.07, 6.45) is 1.63. The van der Waals surface area contributed by atoms with Gasteiger partial charge in [-0.3, -0.25) is 9.89 Å². The van der Waals surface area contributed by atoms with Gasteiger partial charge in [0.25, 0.3) is 5.91 Å². The van der Waals surface area contributed by atoms with Crippen molar-refractivity contribution in [2.24, 2.45) is 0 Å². The molecule has 1 unspecified atom stereocenters. The van der Waals surface area contributed by atoms with E-state index in [0.717, 1.165) is 12.8 Å². The van der Waals surface area contributed by atoms with Crippen LogP contribution in [-0.4, -0.2) is 34.4 Å². The minimum atomic E-state index is -0.187. The highest BCUT2D eigenvalue weighted by Gasteiger charge is 2.30. The molecule has 100 valence electrons. The molecule has 6 heteroatoms. The van der Waals surface area contributed by atoms with Crippen LogP contribution < -0.4 is 11.1 Å². The van der Waals surface area contributed by atoms with Crippen molar-refractivity contribution in [3.63, 3.8) is 0 Å². The van der Waals surface area contributed by atoms with Crippen molar-refractivity contribution < 1.29 is 9.53 Å². The van der Waals surface area contributed by atoms with Crippen molar-refractivity contribution in [2.75, 3.05) is 12.3 Å². The summed E-state index contributed by atoms with van der Waals surface area (Å²) >= 11 is 0. The van der Waals surface area contributed by atoms with E-state index in [1.807, 2.05) is 13.8 Å². The lowest BCUT2D eigenvalue weighted by Crippen LogP contribution is -2.46. The van der Waals surface area contributed by atoms with Gasteiger partial charge in [-0.05, 0) is 33.6 Å². The third kappa shape index (κ3) is 2.64. The van der Waals surface area contributed by atoms with Crippen molar-refractivity contribution in [1.29, 1.82) is 0 Å². The topological polar surface area (TPSA) is 93.0 Å². The minimum Gasteiger partial charge on any atom is -0.382 e. The zero-order valence-electron chi connectivity index (χ0n) is 11.0. The predicted molar refractivity (Wildman–Crippen MR) is 68.3 cm³/mol. The molecule has 1 atom stereocenters. The zero-order valence-corrected chi connectivity index (χ0v) is 11.0. The van der Waals surface area contributed by atoms with Gasteiger partial charge in [-0.2, -0.15) is 5.10 Å². The molecule has 0 spiro atoms. The fourth-order valence-electron chi connectivity index (χ4n) is 2.35.